The van der Waals surface area contributed by atoms with E-state index in [9.17, 15) is 0 Å². The SMILES string of the molecule is CC(C)CNCCCCCN1CCC(C)C(C)C1. The average Bonchev–Trinajstić information content (AvgIpc) is 2.32. The number of unbranched alkanes of at least 4 members (excludes halogenated alkanes) is 2. The second kappa shape index (κ2) is 8.92. The predicted molar refractivity (Wildman–Crippen MR) is 80.9 cm³/mol. The summed E-state index contributed by atoms with van der Waals surface area (Å²) in [6.07, 6.45) is 5.50. The zero-order valence-electron chi connectivity index (χ0n) is 13.0. The van der Waals surface area contributed by atoms with Gasteiger partial charge in [0.1, 0.15) is 0 Å². The van der Waals surface area contributed by atoms with E-state index in [-0.39, 0.29) is 0 Å². The molecule has 2 atom stereocenters. The standard InChI is InChI=1S/C16H34N2/c1-14(2)12-17-9-6-5-7-10-18-11-8-15(3)16(4)13-18/h14-17H,5-13H2,1-4H3. The molecule has 1 aliphatic rings. The number of rotatable bonds is 8. The third-order valence-electron chi connectivity index (χ3n) is 4.30. The Kier molecular flexibility index (Phi) is 7.92. The lowest BCUT2D eigenvalue weighted by Gasteiger charge is -2.35. The van der Waals surface area contributed by atoms with Crippen molar-refractivity contribution < 1.29 is 0 Å². The van der Waals surface area contributed by atoms with Crippen LogP contribution in [0.3, 0.4) is 0 Å². The first-order valence-electron chi connectivity index (χ1n) is 8.02. The molecule has 0 spiro atoms. The van der Waals surface area contributed by atoms with Crippen LogP contribution in [0.5, 0.6) is 0 Å². The fraction of sp³-hybridized carbons (Fsp3) is 1.00. The number of nitrogens with zero attached hydrogens (tertiary/aromatic N) is 1. The second-order valence-corrected chi connectivity index (χ2v) is 6.70. The molecule has 18 heavy (non-hydrogen) atoms. The van der Waals surface area contributed by atoms with Crippen molar-refractivity contribution in [3.8, 4) is 0 Å². The van der Waals surface area contributed by atoms with Crippen LogP contribution in [-0.4, -0.2) is 37.6 Å². The van der Waals surface area contributed by atoms with E-state index >= 15 is 0 Å². The third kappa shape index (κ3) is 6.75. The van der Waals surface area contributed by atoms with Gasteiger partial charge in [-0.15, -0.1) is 0 Å². The maximum Gasteiger partial charge on any atom is 0.000957 e. The average molecular weight is 254 g/mol. The summed E-state index contributed by atoms with van der Waals surface area (Å²) < 4.78 is 0. The first-order chi connectivity index (χ1) is 8.59. The van der Waals surface area contributed by atoms with Crippen LogP contribution in [0.4, 0.5) is 0 Å². The number of hydrogen-bond acceptors (Lipinski definition) is 2. The Morgan fingerprint density at radius 1 is 1.11 bits per heavy atom. The summed E-state index contributed by atoms with van der Waals surface area (Å²) in [4.78, 5) is 2.67. The molecule has 0 aromatic heterocycles. The first kappa shape index (κ1) is 16.0. The van der Waals surface area contributed by atoms with Crippen molar-refractivity contribution >= 4 is 0 Å². The minimum Gasteiger partial charge on any atom is -0.316 e. The Hall–Kier alpha value is -0.0800. The molecular weight excluding hydrogens is 220 g/mol. The van der Waals surface area contributed by atoms with Gasteiger partial charge in [0.05, 0.1) is 0 Å². The third-order valence-corrected chi connectivity index (χ3v) is 4.30. The maximum atomic E-state index is 3.52. The van der Waals surface area contributed by atoms with Crippen LogP contribution < -0.4 is 5.32 Å². The molecule has 1 fully saturated rings. The van der Waals surface area contributed by atoms with Gasteiger partial charge in [-0.05, 0) is 63.2 Å². The van der Waals surface area contributed by atoms with Crippen molar-refractivity contribution in [2.75, 3.05) is 32.7 Å². The molecular formula is C16H34N2. The number of piperidine rings is 1. The summed E-state index contributed by atoms with van der Waals surface area (Å²) >= 11 is 0. The molecule has 2 unspecified atom stereocenters. The van der Waals surface area contributed by atoms with E-state index in [2.05, 4.69) is 37.9 Å². The van der Waals surface area contributed by atoms with Gasteiger partial charge in [0.2, 0.25) is 0 Å². The minimum absolute atomic E-state index is 0.779. The van der Waals surface area contributed by atoms with Crippen LogP contribution in [0.2, 0.25) is 0 Å². The fourth-order valence-corrected chi connectivity index (χ4v) is 2.71. The molecule has 1 rings (SSSR count). The van der Waals surface area contributed by atoms with E-state index in [4.69, 9.17) is 0 Å². The molecule has 1 N–H and O–H groups in total. The number of nitrogens with one attached hydrogen (secondary N) is 1. The van der Waals surface area contributed by atoms with Gasteiger partial charge in [-0.25, -0.2) is 0 Å². The summed E-state index contributed by atoms with van der Waals surface area (Å²) in [6, 6.07) is 0. The predicted octanol–water partition coefficient (Wildman–Crippen LogP) is 3.38. The summed E-state index contributed by atoms with van der Waals surface area (Å²) in [7, 11) is 0. The van der Waals surface area contributed by atoms with Crippen molar-refractivity contribution in [1.82, 2.24) is 10.2 Å². The topological polar surface area (TPSA) is 15.3 Å². The molecule has 0 saturated carbocycles. The first-order valence-corrected chi connectivity index (χ1v) is 8.02. The van der Waals surface area contributed by atoms with Crippen molar-refractivity contribution in [2.24, 2.45) is 17.8 Å². The molecule has 1 aliphatic heterocycles. The van der Waals surface area contributed by atoms with Crippen LogP contribution in [-0.2, 0) is 0 Å². The van der Waals surface area contributed by atoms with Gasteiger partial charge in [0, 0.05) is 6.54 Å². The summed E-state index contributed by atoms with van der Waals surface area (Å²) in [6.45, 7) is 15.7. The van der Waals surface area contributed by atoms with E-state index in [1.807, 2.05) is 0 Å². The Morgan fingerprint density at radius 2 is 1.89 bits per heavy atom. The summed E-state index contributed by atoms with van der Waals surface area (Å²) in [5.74, 6) is 2.61. The molecule has 0 bridgehead atoms. The van der Waals surface area contributed by atoms with Gasteiger partial charge in [0.25, 0.3) is 0 Å². The number of likely N-dealkylation sites (tertiary alicyclic amines) is 1. The normalized spacial score (nSPS) is 25.8. The molecule has 0 aromatic carbocycles. The fourth-order valence-electron chi connectivity index (χ4n) is 2.71. The maximum absolute atomic E-state index is 3.52. The molecule has 2 nitrogen and oxygen atoms in total. The van der Waals surface area contributed by atoms with Crippen LogP contribution in [0, 0.1) is 17.8 Å². The van der Waals surface area contributed by atoms with Gasteiger partial charge < -0.3 is 10.2 Å². The smallest absolute Gasteiger partial charge is 0.000957 e. The largest absolute Gasteiger partial charge is 0.316 e. The van der Waals surface area contributed by atoms with Crippen molar-refractivity contribution in [3.05, 3.63) is 0 Å². The summed E-state index contributed by atoms with van der Waals surface area (Å²) in [5.41, 5.74) is 0. The monoisotopic (exact) mass is 254 g/mol. The van der Waals surface area contributed by atoms with Gasteiger partial charge in [-0.3, -0.25) is 0 Å². The molecule has 1 saturated heterocycles. The van der Waals surface area contributed by atoms with E-state index < -0.39 is 0 Å². The Morgan fingerprint density at radius 3 is 2.56 bits per heavy atom. The van der Waals surface area contributed by atoms with Gasteiger partial charge >= 0.3 is 0 Å². The van der Waals surface area contributed by atoms with Crippen LogP contribution in [0.15, 0.2) is 0 Å². The lowest BCUT2D eigenvalue weighted by atomic mass is 9.88. The van der Waals surface area contributed by atoms with Gasteiger partial charge in [-0.2, -0.15) is 0 Å². The highest BCUT2D eigenvalue weighted by Gasteiger charge is 2.21. The van der Waals surface area contributed by atoms with Gasteiger partial charge in [0.15, 0.2) is 0 Å². The van der Waals surface area contributed by atoms with E-state index in [0.717, 1.165) is 17.8 Å². The van der Waals surface area contributed by atoms with Crippen molar-refractivity contribution in [2.45, 2.75) is 53.4 Å². The van der Waals surface area contributed by atoms with Crippen LogP contribution in [0.25, 0.3) is 0 Å². The Bertz CT molecular complexity index is 203. The van der Waals surface area contributed by atoms with E-state index in [1.54, 1.807) is 0 Å². The van der Waals surface area contributed by atoms with Crippen LogP contribution >= 0.6 is 0 Å². The van der Waals surface area contributed by atoms with Crippen LogP contribution in [0.1, 0.15) is 53.4 Å². The summed E-state index contributed by atoms with van der Waals surface area (Å²) in [5, 5.41) is 3.52. The highest BCUT2D eigenvalue weighted by molar-refractivity contribution is 4.74. The zero-order valence-corrected chi connectivity index (χ0v) is 13.0. The highest BCUT2D eigenvalue weighted by atomic mass is 15.1. The van der Waals surface area contributed by atoms with Crippen molar-refractivity contribution in [3.63, 3.8) is 0 Å². The Labute approximate surface area is 115 Å². The zero-order chi connectivity index (χ0) is 13.4. The molecule has 0 radical (unpaired) electrons. The van der Waals surface area contributed by atoms with E-state index in [1.165, 1.54) is 58.4 Å². The molecule has 2 heteroatoms. The molecule has 1 heterocycles. The lowest BCUT2D eigenvalue weighted by Crippen LogP contribution is -2.38. The molecule has 108 valence electrons. The Balaban J connectivity index is 1.92. The number of hydrogen-bond donors (Lipinski definition) is 1. The lowest BCUT2D eigenvalue weighted by molar-refractivity contribution is 0.136. The minimum atomic E-state index is 0.779. The van der Waals surface area contributed by atoms with Crippen molar-refractivity contribution in [1.29, 1.82) is 0 Å². The van der Waals surface area contributed by atoms with Gasteiger partial charge in [-0.1, -0.05) is 34.1 Å². The molecule has 0 aromatic rings. The highest BCUT2D eigenvalue weighted by Crippen LogP contribution is 2.22. The second-order valence-electron chi connectivity index (χ2n) is 6.70. The van der Waals surface area contributed by atoms with E-state index in [0.29, 0.717) is 0 Å². The molecule has 0 aliphatic carbocycles. The molecule has 0 amide bonds. The quantitative estimate of drug-likeness (QED) is 0.668.